The molecule has 0 aliphatic carbocycles. The maximum absolute atomic E-state index is 12.2. The molecule has 0 aromatic heterocycles. The van der Waals surface area contributed by atoms with E-state index in [0.717, 1.165) is 5.56 Å². The van der Waals surface area contributed by atoms with E-state index in [-0.39, 0.29) is 11.1 Å². The number of nitro benzene ring substituents is 1. The van der Waals surface area contributed by atoms with Crippen LogP contribution in [0.15, 0.2) is 42.5 Å². The number of hydrogen-bond donors (Lipinski definition) is 2. The van der Waals surface area contributed by atoms with Crippen LogP contribution in [-0.2, 0) is 5.41 Å². The first-order valence-electron chi connectivity index (χ1n) is 7.60. The number of non-ortho nitro benzene ring substituents is 1. The summed E-state index contributed by atoms with van der Waals surface area (Å²) in [5.41, 5.74) is 2.96. The van der Waals surface area contributed by atoms with Crippen molar-refractivity contribution >= 4 is 23.1 Å². The van der Waals surface area contributed by atoms with Crippen molar-refractivity contribution in [2.45, 2.75) is 33.1 Å². The Morgan fingerprint density at radius 3 is 2.38 bits per heavy atom. The van der Waals surface area contributed by atoms with Crippen molar-refractivity contribution in [3.63, 3.8) is 0 Å². The third-order valence-electron chi connectivity index (χ3n) is 3.66. The summed E-state index contributed by atoms with van der Waals surface area (Å²) in [7, 11) is 0. The Morgan fingerprint density at radius 1 is 1.08 bits per heavy atom. The number of hydrogen-bond acceptors (Lipinski definition) is 3. The van der Waals surface area contributed by atoms with E-state index < -0.39 is 11.0 Å². The Labute approximate surface area is 141 Å². The van der Waals surface area contributed by atoms with Crippen LogP contribution >= 0.6 is 0 Å². The van der Waals surface area contributed by atoms with Crippen molar-refractivity contribution in [2.75, 3.05) is 10.6 Å². The predicted molar refractivity (Wildman–Crippen MR) is 95.6 cm³/mol. The van der Waals surface area contributed by atoms with Crippen LogP contribution in [0.4, 0.5) is 21.9 Å². The summed E-state index contributed by atoms with van der Waals surface area (Å²) in [6, 6.07) is 11.6. The zero-order valence-electron chi connectivity index (χ0n) is 14.2. The number of benzene rings is 2. The van der Waals surface area contributed by atoms with Gasteiger partial charge in [-0.1, -0.05) is 32.9 Å². The fraction of sp³-hybridized carbons (Fsp3) is 0.278. The van der Waals surface area contributed by atoms with Gasteiger partial charge in [-0.15, -0.1) is 0 Å². The number of nitrogens with one attached hydrogen (secondary N) is 2. The molecule has 0 radical (unpaired) electrons. The fourth-order valence-corrected chi connectivity index (χ4v) is 2.25. The highest BCUT2D eigenvalue weighted by Gasteiger charge is 2.14. The molecule has 0 spiro atoms. The molecular formula is C18H21N3O3. The van der Waals surface area contributed by atoms with E-state index in [4.69, 9.17) is 0 Å². The minimum Gasteiger partial charge on any atom is -0.308 e. The number of urea groups is 1. The molecule has 0 aliphatic heterocycles. The standard InChI is InChI=1S/C18H21N3O3/c1-12-10-15(21(23)24)8-9-16(12)20-17(22)19-14-7-5-6-13(11-14)18(2,3)4/h5-11H,1-4H3,(H2,19,20,22). The number of amides is 2. The number of carbonyl (C=O) groups is 1. The first kappa shape index (κ1) is 17.5. The second kappa shape index (κ2) is 6.70. The van der Waals surface area contributed by atoms with E-state index in [1.165, 1.54) is 18.2 Å². The number of aryl methyl sites for hydroxylation is 1. The molecule has 0 saturated heterocycles. The summed E-state index contributed by atoms with van der Waals surface area (Å²) in [6.45, 7) is 8.02. The van der Waals surface area contributed by atoms with Gasteiger partial charge in [0.15, 0.2) is 0 Å². The second-order valence-corrected chi connectivity index (χ2v) is 6.67. The van der Waals surface area contributed by atoms with Gasteiger partial charge in [0, 0.05) is 23.5 Å². The van der Waals surface area contributed by atoms with Gasteiger partial charge < -0.3 is 10.6 Å². The monoisotopic (exact) mass is 327 g/mol. The maximum atomic E-state index is 12.2. The van der Waals surface area contributed by atoms with Crippen LogP contribution in [0.3, 0.4) is 0 Å². The minimum atomic E-state index is -0.463. The molecule has 6 heteroatoms. The van der Waals surface area contributed by atoms with Crippen molar-refractivity contribution in [3.8, 4) is 0 Å². The van der Waals surface area contributed by atoms with Crippen LogP contribution in [-0.4, -0.2) is 11.0 Å². The lowest BCUT2D eigenvalue weighted by atomic mass is 9.87. The van der Waals surface area contributed by atoms with E-state index in [1.807, 2.05) is 24.3 Å². The third-order valence-corrected chi connectivity index (χ3v) is 3.66. The molecule has 0 bridgehead atoms. The molecule has 0 atom stereocenters. The maximum Gasteiger partial charge on any atom is 0.323 e. The highest BCUT2D eigenvalue weighted by molar-refractivity contribution is 6.00. The quantitative estimate of drug-likeness (QED) is 0.624. The van der Waals surface area contributed by atoms with Crippen LogP contribution in [0.5, 0.6) is 0 Å². The van der Waals surface area contributed by atoms with E-state index in [1.54, 1.807) is 6.92 Å². The number of anilines is 2. The van der Waals surface area contributed by atoms with Crippen molar-refractivity contribution in [1.82, 2.24) is 0 Å². The smallest absolute Gasteiger partial charge is 0.308 e. The first-order chi connectivity index (χ1) is 11.2. The highest BCUT2D eigenvalue weighted by atomic mass is 16.6. The Kier molecular flexibility index (Phi) is 4.87. The minimum absolute atomic E-state index is 0.00339. The summed E-state index contributed by atoms with van der Waals surface area (Å²) >= 11 is 0. The topological polar surface area (TPSA) is 84.3 Å². The average Bonchev–Trinajstić information content (AvgIpc) is 2.48. The van der Waals surface area contributed by atoms with Gasteiger partial charge in [-0.2, -0.15) is 0 Å². The Bertz CT molecular complexity index is 779. The zero-order valence-corrected chi connectivity index (χ0v) is 14.2. The fourth-order valence-electron chi connectivity index (χ4n) is 2.25. The molecule has 24 heavy (non-hydrogen) atoms. The number of nitro groups is 1. The molecule has 0 fully saturated rings. The summed E-state index contributed by atoms with van der Waals surface area (Å²) in [4.78, 5) is 22.4. The average molecular weight is 327 g/mol. The van der Waals surface area contributed by atoms with Gasteiger partial charge in [-0.25, -0.2) is 4.79 Å². The molecule has 0 heterocycles. The summed E-state index contributed by atoms with van der Waals surface area (Å²) in [5.74, 6) is 0. The summed E-state index contributed by atoms with van der Waals surface area (Å²) < 4.78 is 0. The van der Waals surface area contributed by atoms with Crippen molar-refractivity contribution in [1.29, 1.82) is 0 Å². The van der Waals surface area contributed by atoms with E-state index in [2.05, 4.69) is 31.4 Å². The molecule has 2 aromatic rings. The van der Waals surface area contributed by atoms with Crippen molar-refractivity contribution in [3.05, 3.63) is 63.7 Å². The van der Waals surface area contributed by atoms with Gasteiger partial charge in [0.05, 0.1) is 4.92 Å². The highest BCUT2D eigenvalue weighted by Crippen LogP contribution is 2.25. The normalized spacial score (nSPS) is 11.0. The third kappa shape index (κ3) is 4.32. The predicted octanol–water partition coefficient (Wildman–Crippen LogP) is 4.84. The molecule has 2 rings (SSSR count). The van der Waals surface area contributed by atoms with Gasteiger partial charge in [0.2, 0.25) is 0 Å². The van der Waals surface area contributed by atoms with Gasteiger partial charge in [0.25, 0.3) is 5.69 Å². The molecule has 2 amide bonds. The van der Waals surface area contributed by atoms with E-state index in [0.29, 0.717) is 16.9 Å². The summed E-state index contributed by atoms with van der Waals surface area (Å²) in [5, 5.41) is 16.2. The number of carbonyl (C=O) groups excluding carboxylic acids is 1. The number of nitrogens with zero attached hydrogens (tertiary/aromatic N) is 1. The molecule has 0 unspecified atom stereocenters. The molecule has 126 valence electrons. The van der Waals surface area contributed by atoms with E-state index >= 15 is 0 Å². The van der Waals surface area contributed by atoms with Crippen LogP contribution in [0, 0.1) is 17.0 Å². The molecular weight excluding hydrogens is 306 g/mol. The Hall–Kier alpha value is -2.89. The Morgan fingerprint density at radius 2 is 1.79 bits per heavy atom. The molecule has 6 nitrogen and oxygen atoms in total. The second-order valence-electron chi connectivity index (χ2n) is 6.67. The molecule has 0 saturated carbocycles. The van der Waals surface area contributed by atoms with Gasteiger partial charge in [-0.3, -0.25) is 10.1 Å². The van der Waals surface area contributed by atoms with E-state index in [9.17, 15) is 14.9 Å². The van der Waals surface area contributed by atoms with Crippen molar-refractivity contribution < 1.29 is 9.72 Å². The van der Waals surface area contributed by atoms with Gasteiger partial charge in [0.1, 0.15) is 0 Å². The molecule has 2 aromatic carbocycles. The van der Waals surface area contributed by atoms with Crippen molar-refractivity contribution in [2.24, 2.45) is 0 Å². The van der Waals surface area contributed by atoms with Crippen LogP contribution in [0.1, 0.15) is 31.9 Å². The zero-order chi connectivity index (χ0) is 17.9. The first-order valence-corrected chi connectivity index (χ1v) is 7.60. The van der Waals surface area contributed by atoms with Crippen LogP contribution < -0.4 is 10.6 Å². The van der Waals surface area contributed by atoms with Crippen LogP contribution in [0.2, 0.25) is 0 Å². The number of rotatable bonds is 3. The SMILES string of the molecule is Cc1cc([N+](=O)[O-])ccc1NC(=O)Nc1cccc(C(C)(C)C)c1. The lowest BCUT2D eigenvalue weighted by Crippen LogP contribution is -2.20. The lowest BCUT2D eigenvalue weighted by molar-refractivity contribution is -0.384. The molecule has 0 aliphatic rings. The van der Waals surface area contributed by atoms with Crippen LogP contribution in [0.25, 0.3) is 0 Å². The summed E-state index contributed by atoms with van der Waals surface area (Å²) in [6.07, 6.45) is 0. The van der Waals surface area contributed by atoms with Gasteiger partial charge in [-0.05, 0) is 41.7 Å². The van der Waals surface area contributed by atoms with Gasteiger partial charge >= 0.3 is 6.03 Å². The Balaban J connectivity index is 2.10. The largest absolute Gasteiger partial charge is 0.323 e. The lowest BCUT2D eigenvalue weighted by Gasteiger charge is -2.20. The molecule has 2 N–H and O–H groups in total.